The highest BCUT2D eigenvalue weighted by Crippen LogP contribution is 2.32. The lowest BCUT2D eigenvalue weighted by atomic mass is 10.2. The van der Waals surface area contributed by atoms with Crippen LogP contribution in [-0.2, 0) is 0 Å². The van der Waals surface area contributed by atoms with Crippen LogP contribution in [0.5, 0.6) is 5.75 Å². The highest BCUT2D eigenvalue weighted by atomic mass is 32.2. The van der Waals surface area contributed by atoms with Crippen LogP contribution < -0.4 is 4.74 Å². The predicted octanol–water partition coefficient (Wildman–Crippen LogP) is 4.46. The standard InChI is InChI=1S/C15H16OS/c1-11-7-8-15(12(2)9-11)17-14-6-4-5-13(10-14)16-3/h4-10H,1-3H3. The summed E-state index contributed by atoms with van der Waals surface area (Å²) in [7, 11) is 1.70. The second-order valence-electron chi connectivity index (χ2n) is 4.05. The Morgan fingerprint density at radius 1 is 1.00 bits per heavy atom. The van der Waals surface area contributed by atoms with Crippen LogP contribution in [0.4, 0.5) is 0 Å². The zero-order chi connectivity index (χ0) is 12.3. The topological polar surface area (TPSA) is 9.23 Å². The molecule has 17 heavy (non-hydrogen) atoms. The van der Waals surface area contributed by atoms with Crippen LogP contribution in [0.15, 0.2) is 52.3 Å². The minimum absolute atomic E-state index is 0.903. The first kappa shape index (κ1) is 12.1. The van der Waals surface area contributed by atoms with Crippen molar-refractivity contribution in [3.05, 3.63) is 53.6 Å². The maximum absolute atomic E-state index is 5.23. The fourth-order valence-corrected chi connectivity index (χ4v) is 2.64. The van der Waals surface area contributed by atoms with E-state index in [0.717, 1.165) is 5.75 Å². The fraction of sp³-hybridized carbons (Fsp3) is 0.200. The molecule has 0 atom stereocenters. The molecule has 1 nitrogen and oxygen atoms in total. The zero-order valence-electron chi connectivity index (χ0n) is 10.4. The van der Waals surface area contributed by atoms with Crippen molar-refractivity contribution in [2.75, 3.05) is 7.11 Å². The molecule has 0 aliphatic heterocycles. The Morgan fingerprint density at radius 2 is 1.82 bits per heavy atom. The van der Waals surface area contributed by atoms with Crippen molar-refractivity contribution in [2.45, 2.75) is 23.6 Å². The number of rotatable bonds is 3. The minimum Gasteiger partial charge on any atom is -0.497 e. The van der Waals surface area contributed by atoms with Crippen LogP contribution in [-0.4, -0.2) is 7.11 Å². The summed E-state index contributed by atoms with van der Waals surface area (Å²) in [6, 6.07) is 14.7. The molecule has 0 fully saturated rings. The van der Waals surface area contributed by atoms with Gasteiger partial charge in [0.25, 0.3) is 0 Å². The molecule has 0 unspecified atom stereocenters. The Kier molecular flexibility index (Phi) is 3.75. The van der Waals surface area contributed by atoms with Crippen molar-refractivity contribution in [1.82, 2.24) is 0 Å². The van der Waals surface area contributed by atoms with Gasteiger partial charge in [0.05, 0.1) is 7.11 Å². The fourth-order valence-electron chi connectivity index (χ4n) is 1.71. The molecule has 0 saturated heterocycles. The van der Waals surface area contributed by atoms with Gasteiger partial charge < -0.3 is 4.74 Å². The van der Waals surface area contributed by atoms with E-state index in [1.165, 1.54) is 20.9 Å². The van der Waals surface area contributed by atoms with E-state index in [-0.39, 0.29) is 0 Å². The Morgan fingerprint density at radius 3 is 2.53 bits per heavy atom. The van der Waals surface area contributed by atoms with Gasteiger partial charge in [-0.3, -0.25) is 0 Å². The first-order valence-electron chi connectivity index (χ1n) is 5.58. The van der Waals surface area contributed by atoms with Crippen molar-refractivity contribution in [1.29, 1.82) is 0 Å². The SMILES string of the molecule is COc1cccc(Sc2ccc(C)cc2C)c1. The molecule has 0 heterocycles. The van der Waals surface area contributed by atoms with Crippen LogP contribution in [0, 0.1) is 13.8 Å². The van der Waals surface area contributed by atoms with Crippen LogP contribution >= 0.6 is 11.8 Å². The van der Waals surface area contributed by atoms with Gasteiger partial charge in [-0.25, -0.2) is 0 Å². The molecule has 0 aliphatic rings. The van der Waals surface area contributed by atoms with Gasteiger partial charge in [-0.1, -0.05) is 35.5 Å². The number of ether oxygens (including phenoxy) is 1. The van der Waals surface area contributed by atoms with Gasteiger partial charge in [-0.05, 0) is 43.7 Å². The molecule has 2 rings (SSSR count). The van der Waals surface area contributed by atoms with Gasteiger partial charge in [-0.2, -0.15) is 0 Å². The summed E-state index contributed by atoms with van der Waals surface area (Å²) in [6.07, 6.45) is 0. The maximum atomic E-state index is 5.23. The minimum atomic E-state index is 0.903. The van der Waals surface area contributed by atoms with Gasteiger partial charge in [0, 0.05) is 9.79 Å². The normalized spacial score (nSPS) is 10.3. The van der Waals surface area contributed by atoms with E-state index in [9.17, 15) is 0 Å². The molecule has 2 aromatic carbocycles. The van der Waals surface area contributed by atoms with E-state index in [4.69, 9.17) is 4.74 Å². The van der Waals surface area contributed by atoms with Crippen LogP contribution in [0.2, 0.25) is 0 Å². The summed E-state index contributed by atoms with van der Waals surface area (Å²) in [6.45, 7) is 4.27. The van der Waals surface area contributed by atoms with Gasteiger partial charge >= 0.3 is 0 Å². The largest absolute Gasteiger partial charge is 0.497 e. The Bertz CT molecular complexity index is 520. The van der Waals surface area contributed by atoms with E-state index >= 15 is 0 Å². The molecule has 2 heteroatoms. The number of hydrogen-bond acceptors (Lipinski definition) is 2. The molecule has 2 aromatic rings. The first-order valence-corrected chi connectivity index (χ1v) is 6.40. The summed E-state index contributed by atoms with van der Waals surface area (Å²) < 4.78 is 5.23. The summed E-state index contributed by atoms with van der Waals surface area (Å²) in [4.78, 5) is 2.50. The van der Waals surface area contributed by atoms with Crippen molar-refractivity contribution in [3.63, 3.8) is 0 Å². The average Bonchev–Trinajstić information content (AvgIpc) is 2.33. The lowest BCUT2D eigenvalue weighted by Gasteiger charge is -2.07. The number of aryl methyl sites for hydroxylation is 2. The molecule has 0 spiro atoms. The Labute approximate surface area is 107 Å². The lowest BCUT2D eigenvalue weighted by molar-refractivity contribution is 0.413. The summed E-state index contributed by atoms with van der Waals surface area (Å²) >= 11 is 1.77. The predicted molar refractivity (Wildman–Crippen MR) is 73.0 cm³/mol. The molecule has 88 valence electrons. The quantitative estimate of drug-likeness (QED) is 0.788. The van der Waals surface area contributed by atoms with Crippen molar-refractivity contribution < 1.29 is 4.74 Å². The van der Waals surface area contributed by atoms with Crippen LogP contribution in [0.25, 0.3) is 0 Å². The first-order chi connectivity index (χ1) is 8.19. The number of benzene rings is 2. The highest BCUT2D eigenvalue weighted by molar-refractivity contribution is 7.99. The second-order valence-corrected chi connectivity index (χ2v) is 5.17. The van der Waals surface area contributed by atoms with Crippen LogP contribution in [0.1, 0.15) is 11.1 Å². The summed E-state index contributed by atoms with van der Waals surface area (Å²) in [5.41, 5.74) is 2.62. The Balaban J connectivity index is 2.25. The van der Waals surface area contributed by atoms with E-state index in [2.05, 4.69) is 44.2 Å². The molecule has 0 aromatic heterocycles. The van der Waals surface area contributed by atoms with E-state index in [1.807, 2.05) is 12.1 Å². The molecule has 0 N–H and O–H groups in total. The zero-order valence-corrected chi connectivity index (χ0v) is 11.2. The monoisotopic (exact) mass is 244 g/mol. The summed E-state index contributed by atoms with van der Waals surface area (Å²) in [5, 5.41) is 0. The molecule has 0 bridgehead atoms. The van der Waals surface area contributed by atoms with E-state index in [0.29, 0.717) is 0 Å². The van der Waals surface area contributed by atoms with Crippen molar-refractivity contribution in [2.24, 2.45) is 0 Å². The third kappa shape index (κ3) is 3.04. The molecule has 0 amide bonds. The van der Waals surface area contributed by atoms with E-state index < -0.39 is 0 Å². The van der Waals surface area contributed by atoms with E-state index in [1.54, 1.807) is 18.9 Å². The van der Waals surface area contributed by atoms with Gasteiger partial charge in [0.15, 0.2) is 0 Å². The highest BCUT2D eigenvalue weighted by Gasteiger charge is 2.02. The number of hydrogen-bond donors (Lipinski definition) is 0. The molecular weight excluding hydrogens is 228 g/mol. The maximum Gasteiger partial charge on any atom is 0.119 e. The van der Waals surface area contributed by atoms with Crippen molar-refractivity contribution in [3.8, 4) is 5.75 Å². The molecule has 0 aliphatic carbocycles. The smallest absolute Gasteiger partial charge is 0.119 e. The lowest BCUT2D eigenvalue weighted by Crippen LogP contribution is -1.84. The molecular formula is C15H16OS. The van der Waals surface area contributed by atoms with Crippen LogP contribution in [0.3, 0.4) is 0 Å². The molecule has 0 saturated carbocycles. The number of methoxy groups -OCH3 is 1. The third-order valence-electron chi connectivity index (χ3n) is 2.60. The molecule has 0 radical (unpaired) electrons. The van der Waals surface area contributed by atoms with Crippen molar-refractivity contribution >= 4 is 11.8 Å². The Hall–Kier alpha value is -1.41. The summed E-state index contributed by atoms with van der Waals surface area (Å²) in [5.74, 6) is 0.903. The van der Waals surface area contributed by atoms with Gasteiger partial charge in [-0.15, -0.1) is 0 Å². The second kappa shape index (κ2) is 5.28. The third-order valence-corrected chi connectivity index (χ3v) is 3.77. The van der Waals surface area contributed by atoms with Gasteiger partial charge in [0.1, 0.15) is 5.75 Å². The average molecular weight is 244 g/mol. The van der Waals surface area contributed by atoms with Gasteiger partial charge in [0.2, 0.25) is 0 Å².